The summed E-state index contributed by atoms with van der Waals surface area (Å²) in [6.45, 7) is 6.75. The van der Waals surface area contributed by atoms with Crippen molar-refractivity contribution in [3.8, 4) is 0 Å². The number of rotatable bonds is 3. The normalized spacial score (nSPS) is 24.2. The third-order valence-corrected chi connectivity index (χ3v) is 4.13. The van der Waals surface area contributed by atoms with Crippen LogP contribution in [0.5, 0.6) is 0 Å². The van der Waals surface area contributed by atoms with Gasteiger partial charge in [0.1, 0.15) is 0 Å². The maximum atomic E-state index is 5.42. The summed E-state index contributed by atoms with van der Waals surface area (Å²) in [5, 5.41) is 3.65. The Kier molecular flexibility index (Phi) is 4.51. The highest BCUT2D eigenvalue weighted by Gasteiger charge is 2.20. The molecule has 2 rings (SSSR count). The Morgan fingerprint density at radius 3 is 2.05 bits per heavy atom. The number of anilines is 1. The van der Waals surface area contributed by atoms with Crippen LogP contribution in [-0.4, -0.2) is 19.3 Å². The molecular weight excluding hydrogens is 234 g/mol. The van der Waals surface area contributed by atoms with Crippen molar-refractivity contribution in [2.45, 2.75) is 64.0 Å². The van der Waals surface area contributed by atoms with Crippen LogP contribution in [0.15, 0.2) is 24.3 Å². The fourth-order valence-electron chi connectivity index (χ4n) is 2.75. The minimum atomic E-state index is 0.231. The number of methoxy groups -OCH3 is 1. The number of hydrogen-bond donors (Lipinski definition) is 1. The Hall–Kier alpha value is -1.02. The fraction of sp³-hybridized carbons (Fsp3) is 0.647. The first-order valence-electron chi connectivity index (χ1n) is 7.39. The second kappa shape index (κ2) is 5.96. The van der Waals surface area contributed by atoms with Crippen LogP contribution in [0, 0.1) is 0 Å². The van der Waals surface area contributed by atoms with Crippen molar-refractivity contribution in [3.63, 3.8) is 0 Å². The first-order valence-corrected chi connectivity index (χ1v) is 7.39. The Labute approximate surface area is 117 Å². The molecule has 0 spiro atoms. The molecule has 0 aliphatic heterocycles. The standard InChI is InChI=1S/C17H27NO/c1-17(2,3)13-5-7-14(8-6-13)18-15-9-11-16(19-4)12-10-15/h5-8,15-16,18H,9-12H2,1-4H3. The van der Waals surface area contributed by atoms with Gasteiger partial charge in [0.05, 0.1) is 6.10 Å². The molecule has 0 bridgehead atoms. The fourth-order valence-corrected chi connectivity index (χ4v) is 2.75. The molecule has 0 saturated heterocycles. The van der Waals surface area contributed by atoms with E-state index in [0.717, 1.165) is 0 Å². The van der Waals surface area contributed by atoms with Crippen molar-refractivity contribution in [1.82, 2.24) is 0 Å². The van der Waals surface area contributed by atoms with Gasteiger partial charge in [-0.2, -0.15) is 0 Å². The number of benzene rings is 1. The van der Waals surface area contributed by atoms with E-state index in [-0.39, 0.29) is 5.41 Å². The van der Waals surface area contributed by atoms with E-state index in [1.807, 2.05) is 7.11 Å². The molecule has 0 aromatic heterocycles. The molecule has 0 atom stereocenters. The molecule has 0 unspecified atom stereocenters. The highest BCUT2D eigenvalue weighted by atomic mass is 16.5. The van der Waals surface area contributed by atoms with Gasteiger partial charge in [0, 0.05) is 18.8 Å². The molecule has 1 saturated carbocycles. The maximum Gasteiger partial charge on any atom is 0.0572 e. The van der Waals surface area contributed by atoms with E-state index < -0.39 is 0 Å². The number of nitrogens with one attached hydrogen (secondary N) is 1. The average Bonchev–Trinajstić information content (AvgIpc) is 2.39. The summed E-state index contributed by atoms with van der Waals surface area (Å²) in [7, 11) is 1.82. The summed E-state index contributed by atoms with van der Waals surface area (Å²) in [6.07, 6.45) is 5.24. The van der Waals surface area contributed by atoms with Crippen LogP contribution >= 0.6 is 0 Å². The zero-order chi connectivity index (χ0) is 13.9. The second-order valence-electron chi connectivity index (χ2n) is 6.68. The predicted molar refractivity (Wildman–Crippen MR) is 81.8 cm³/mol. The molecule has 1 aromatic carbocycles. The first-order chi connectivity index (χ1) is 8.99. The van der Waals surface area contributed by atoms with Gasteiger partial charge in [-0.3, -0.25) is 0 Å². The van der Waals surface area contributed by atoms with Gasteiger partial charge in [0.15, 0.2) is 0 Å². The van der Waals surface area contributed by atoms with Gasteiger partial charge in [-0.15, -0.1) is 0 Å². The Balaban J connectivity index is 1.90. The van der Waals surface area contributed by atoms with E-state index in [1.54, 1.807) is 0 Å². The minimum Gasteiger partial charge on any atom is -0.382 e. The van der Waals surface area contributed by atoms with Gasteiger partial charge < -0.3 is 10.1 Å². The predicted octanol–water partition coefficient (Wildman–Crippen LogP) is 4.35. The lowest BCUT2D eigenvalue weighted by Gasteiger charge is -2.29. The lowest BCUT2D eigenvalue weighted by atomic mass is 9.87. The zero-order valence-electron chi connectivity index (χ0n) is 12.7. The van der Waals surface area contributed by atoms with E-state index in [4.69, 9.17) is 4.74 Å². The molecule has 19 heavy (non-hydrogen) atoms. The Morgan fingerprint density at radius 1 is 1.00 bits per heavy atom. The Bertz CT molecular complexity index is 383. The molecule has 0 amide bonds. The van der Waals surface area contributed by atoms with E-state index in [9.17, 15) is 0 Å². The molecule has 0 heterocycles. The molecule has 106 valence electrons. The number of ether oxygens (including phenoxy) is 1. The van der Waals surface area contributed by atoms with Crippen molar-refractivity contribution in [3.05, 3.63) is 29.8 Å². The van der Waals surface area contributed by atoms with Crippen molar-refractivity contribution < 1.29 is 4.74 Å². The molecule has 1 fully saturated rings. The highest BCUT2D eigenvalue weighted by Crippen LogP contribution is 2.26. The molecule has 1 aromatic rings. The molecule has 1 aliphatic carbocycles. The van der Waals surface area contributed by atoms with Crippen molar-refractivity contribution in [1.29, 1.82) is 0 Å². The molecule has 2 heteroatoms. The largest absolute Gasteiger partial charge is 0.382 e. The second-order valence-corrected chi connectivity index (χ2v) is 6.68. The average molecular weight is 261 g/mol. The van der Waals surface area contributed by atoms with E-state index in [1.165, 1.54) is 36.9 Å². The van der Waals surface area contributed by atoms with Crippen LogP contribution in [0.25, 0.3) is 0 Å². The zero-order valence-corrected chi connectivity index (χ0v) is 12.7. The van der Waals surface area contributed by atoms with Gasteiger partial charge in [-0.1, -0.05) is 32.9 Å². The Morgan fingerprint density at radius 2 is 1.58 bits per heavy atom. The van der Waals surface area contributed by atoms with Crippen LogP contribution < -0.4 is 5.32 Å². The van der Waals surface area contributed by atoms with Crippen LogP contribution in [0.1, 0.15) is 52.0 Å². The van der Waals surface area contributed by atoms with Crippen LogP contribution in [-0.2, 0) is 10.2 Å². The van der Waals surface area contributed by atoms with Gasteiger partial charge >= 0.3 is 0 Å². The van der Waals surface area contributed by atoms with E-state index in [0.29, 0.717) is 12.1 Å². The summed E-state index contributed by atoms with van der Waals surface area (Å²) in [5.74, 6) is 0. The SMILES string of the molecule is COC1CCC(Nc2ccc(C(C)(C)C)cc2)CC1. The number of hydrogen-bond acceptors (Lipinski definition) is 2. The smallest absolute Gasteiger partial charge is 0.0572 e. The van der Waals surface area contributed by atoms with Crippen LogP contribution in [0.4, 0.5) is 5.69 Å². The molecule has 0 radical (unpaired) electrons. The first kappa shape index (κ1) is 14.4. The monoisotopic (exact) mass is 261 g/mol. The highest BCUT2D eigenvalue weighted by molar-refractivity contribution is 5.46. The molecule has 1 N–H and O–H groups in total. The van der Waals surface area contributed by atoms with E-state index >= 15 is 0 Å². The summed E-state index contributed by atoms with van der Waals surface area (Å²) >= 11 is 0. The summed E-state index contributed by atoms with van der Waals surface area (Å²) in [6, 6.07) is 9.50. The summed E-state index contributed by atoms with van der Waals surface area (Å²) < 4.78 is 5.42. The van der Waals surface area contributed by atoms with Gasteiger partial charge in [0.2, 0.25) is 0 Å². The van der Waals surface area contributed by atoms with E-state index in [2.05, 4.69) is 50.4 Å². The lowest BCUT2D eigenvalue weighted by molar-refractivity contribution is 0.0682. The topological polar surface area (TPSA) is 21.3 Å². The molecule has 1 aliphatic rings. The molecule has 2 nitrogen and oxygen atoms in total. The summed E-state index contributed by atoms with van der Waals surface area (Å²) in [5.41, 5.74) is 2.87. The lowest BCUT2D eigenvalue weighted by Crippen LogP contribution is -2.29. The summed E-state index contributed by atoms with van der Waals surface area (Å²) in [4.78, 5) is 0. The van der Waals surface area contributed by atoms with Crippen molar-refractivity contribution in [2.75, 3.05) is 12.4 Å². The van der Waals surface area contributed by atoms with Crippen LogP contribution in [0.2, 0.25) is 0 Å². The van der Waals surface area contributed by atoms with Crippen molar-refractivity contribution in [2.24, 2.45) is 0 Å². The van der Waals surface area contributed by atoms with Gasteiger partial charge in [-0.25, -0.2) is 0 Å². The molecular formula is C17H27NO. The van der Waals surface area contributed by atoms with Gasteiger partial charge in [-0.05, 0) is 48.8 Å². The maximum absolute atomic E-state index is 5.42. The van der Waals surface area contributed by atoms with Gasteiger partial charge in [0.25, 0.3) is 0 Å². The van der Waals surface area contributed by atoms with Crippen LogP contribution in [0.3, 0.4) is 0 Å². The third-order valence-electron chi connectivity index (χ3n) is 4.13. The van der Waals surface area contributed by atoms with Crippen molar-refractivity contribution >= 4 is 5.69 Å². The quantitative estimate of drug-likeness (QED) is 0.873. The third kappa shape index (κ3) is 3.97. The minimum absolute atomic E-state index is 0.231.